The van der Waals surface area contributed by atoms with Gasteiger partial charge in [-0.1, -0.05) is 31.9 Å². The van der Waals surface area contributed by atoms with E-state index in [1.165, 1.54) is 6.08 Å². The van der Waals surface area contributed by atoms with E-state index in [1.807, 2.05) is 6.92 Å². The lowest BCUT2D eigenvalue weighted by atomic mass is 9.77. The number of unbranched alkanes of at least 4 members (excludes halogenated alkanes) is 1. The molecule has 21 heavy (non-hydrogen) atoms. The summed E-state index contributed by atoms with van der Waals surface area (Å²) in [5.74, 6) is -3.05. The average molecular weight is 300 g/mol. The molecule has 1 unspecified atom stereocenters. The van der Waals surface area contributed by atoms with Gasteiger partial charge in [0.25, 0.3) is 0 Å². The number of carboxylic acid groups (broad SMARTS) is 1. The van der Waals surface area contributed by atoms with Crippen LogP contribution in [-0.4, -0.2) is 51.0 Å². The Labute approximate surface area is 124 Å². The zero-order valence-corrected chi connectivity index (χ0v) is 12.2. The molecule has 0 saturated heterocycles. The molecular weight excluding hydrogens is 276 g/mol. The average Bonchev–Trinajstić information content (AvgIpc) is 2.68. The standard InChI is InChI=1S/C15H24O6/c1-2-3-5-10(17)6-4-7-11-12(18)8-13(19)15(11,9-16)14(20)21/h4,7,10-12,16-18H,2-3,5-6,8-9H2,1H3,(H,20,21)/b7-4+/t10-,11-,12+,15?/m0/s1. The fraction of sp³-hybridized carbons (Fsp3) is 0.733. The second kappa shape index (κ2) is 7.68. The Morgan fingerprint density at radius 1 is 1.52 bits per heavy atom. The van der Waals surface area contributed by atoms with Crippen molar-refractivity contribution in [3.05, 3.63) is 12.2 Å². The lowest BCUT2D eigenvalue weighted by molar-refractivity contribution is -0.158. The Bertz CT molecular complexity index is 405. The number of carbonyl (C=O) groups excluding carboxylic acids is 1. The zero-order chi connectivity index (χ0) is 16.0. The first-order valence-corrected chi connectivity index (χ1v) is 7.30. The van der Waals surface area contributed by atoms with Gasteiger partial charge in [0.2, 0.25) is 0 Å². The quantitative estimate of drug-likeness (QED) is 0.383. The van der Waals surface area contributed by atoms with E-state index < -0.39 is 41.9 Å². The number of ketones is 1. The number of aliphatic hydroxyl groups excluding tert-OH is 3. The van der Waals surface area contributed by atoms with Crippen molar-refractivity contribution in [3.8, 4) is 0 Å². The van der Waals surface area contributed by atoms with Crippen molar-refractivity contribution in [2.24, 2.45) is 11.3 Å². The molecule has 0 radical (unpaired) electrons. The lowest BCUT2D eigenvalue weighted by Gasteiger charge is -2.26. The van der Waals surface area contributed by atoms with Gasteiger partial charge in [-0.05, 0) is 12.8 Å². The maximum atomic E-state index is 11.8. The van der Waals surface area contributed by atoms with E-state index >= 15 is 0 Å². The molecule has 0 aromatic rings. The molecule has 0 bridgehead atoms. The van der Waals surface area contributed by atoms with Crippen molar-refractivity contribution in [3.63, 3.8) is 0 Å². The predicted molar refractivity (Wildman–Crippen MR) is 75.6 cm³/mol. The van der Waals surface area contributed by atoms with Gasteiger partial charge in [0.1, 0.15) is 0 Å². The van der Waals surface area contributed by atoms with Crippen LogP contribution < -0.4 is 0 Å². The normalized spacial score (nSPS) is 31.0. The van der Waals surface area contributed by atoms with Gasteiger partial charge in [0, 0.05) is 12.3 Å². The third-order valence-electron chi connectivity index (χ3n) is 4.15. The van der Waals surface area contributed by atoms with Crippen LogP contribution in [0.3, 0.4) is 0 Å². The maximum Gasteiger partial charge on any atom is 0.320 e. The van der Waals surface area contributed by atoms with E-state index in [4.69, 9.17) is 0 Å². The fourth-order valence-corrected chi connectivity index (χ4v) is 2.77. The molecule has 120 valence electrons. The van der Waals surface area contributed by atoms with Crippen molar-refractivity contribution >= 4 is 11.8 Å². The first-order valence-electron chi connectivity index (χ1n) is 7.30. The number of carboxylic acids is 1. The molecule has 6 heteroatoms. The van der Waals surface area contributed by atoms with E-state index in [0.29, 0.717) is 12.8 Å². The van der Waals surface area contributed by atoms with Crippen LogP contribution in [0.1, 0.15) is 39.0 Å². The fourth-order valence-electron chi connectivity index (χ4n) is 2.77. The van der Waals surface area contributed by atoms with Crippen molar-refractivity contribution < 1.29 is 30.0 Å². The summed E-state index contributed by atoms with van der Waals surface area (Å²) in [7, 11) is 0. The Kier molecular flexibility index (Phi) is 6.51. The highest BCUT2D eigenvalue weighted by Crippen LogP contribution is 2.41. The first-order chi connectivity index (χ1) is 9.90. The third-order valence-corrected chi connectivity index (χ3v) is 4.15. The molecule has 1 rings (SSSR count). The van der Waals surface area contributed by atoms with Gasteiger partial charge < -0.3 is 20.4 Å². The summed E-state index contributed by atoms with van der Waals surface area (Å²) in [6, 6.07) is 0. The van der Waals surface area contributed by atoms with Gasteiger partial charge in [-0.3, -0.25) is 9.59 Å². The van der Waals surface area contributed by atoms with Gasteiger partial charge in [-0.2, -0.15) is 0 Å². The number of carbonyl (C=O) groups is 2. The molecule has 0 amide bonds. The minimum Gasteiger partial charge on any atom is -0.480 e. The molecule has 0 aromatic heterocycles. The molecule has 4 atom stereocenters. The molecule has 4 N–H and O–H groups in total. The van der Waals surface area contributed by atoms with E-state index in [9.17, 15) is 30.0 Å². The molecule has 0 aliphatic heterocycles. The smallest absolute Gasteiger partial charge is 0.320 e. The Morgan fingerprint density at radius 2 is 2.19 bits per heavy atom. The molecule has 6 nitrogen and oxygen atoms in total. The Hall–Kier alpha value is -1.24. The summed E-state index contributed by atoms with van der Waals surface area (Å²) in [5, 5.41) is 38.2. The summed E-state index contributed by atoms with van der Waals surface area (Å²) in [5.41, 5.74) is -1.97. The maximum absolute atomic E-state index is 11.8. The number of hydrogen-bond donors (Lipinski definition) is 4. The van der Waals surface area contributed by atoms with Gasteiger partial charge >= 0.3 is 5.97 Å². The number of aliphatic carboxylic acids is 1. The highest BCUT2D eigenvalue weighted by Gasteiger charge is 2.58. The first kappa shape index (κ1) is 17.8. The van der Waals surface area contributed by atoms with Crippen molar-refractivity contribution in [1.82, 2.24) is 0 Å². The largest absolute Gasteiger partial charge is 0.480 e. The second-order valence-corrected chi connectivity index (χ2v) is 5.61. The summed E-state index contributed by atoms with van der Waals surface area (Å²) < 4.78 is 0. The van der Waals surface area contributed by atoms with E-state index in [1.54, 1.807) is 6.08 Å². The van der Waals surface area contributed by atoms with E-state index in [-0.39, 0.29) is 6.42 Å². The summed E-state index contributed by atoms with van der Waals surface area (Å²) in [4.78, 5) is 23.2. The molecule has 0 aromatic carbocycles. The molecule has 0 spiro atoms. The summed E-state index contributed by atoms with van der Waals surface area (Å²) in [6.45, 7) is 1.18. The third kappa shape index (κ3) is 3.70. The van der Waals surface area contributed by atoms with E-state index in [2.05, 4.69) is 0 Å². The van der Waals surface area contributed by atoms with Crippen molar-refractivity contribution in [2.45, 2.75) is 51.2 Å². The molecule has 1 aliphatic rings. The topological polar surface area (TPSA) is 115 Å². The van der Waals surface area contributed by atoms with Crippen LogP contribution in [0, 0.1) is 11.3 Å². The number of Topliss-reactive ketones (excluding diaryl/α,β-unsaturated/α-hetero) is 1. The van der Waals surface area contributed by atoms with Crippen LogP contribution in [0.4, 0.5) is 0 Å². The minimum absolute atomic E-state index is 0.278. The van der Waals surface area contributed by atoms with Crippen molar-refractivity contribution in [1.29, 1.82) is 0 Å². The second-order valence-electron chi connectivity index (χ2n) is 5.61. The number of aliphatic hydroxyl groups is 3. The van der Waals surface area contributed by atoms with Crippen LogP contribution in [0.5, 0.6) is 0 Å². The highest BCUT2D eigenvalue weighted by atomic mass is 16.4. The van der Waals surface area contributed by atoms with Crippen molar-refractivity contribution in [2.75, 3.05) is 6.61 Å². The summed E-state index contributed by atoms with van der Waals surface area (Å²) >= 11 is 0. The van der Waals surface area contributed by atoms with Crippen LogP contribution in [0.15, 0.2) is 12.2 Å². The van der Waals surface area contributed by atoms with Crippen LogP contribution in [-0.2, 0) is 9.59 Å². The van der Waals surface area contributed by atoms with Gasteiger partial charge in [0.05, 0.1) is 18.8 Å². The van der Waals surface area contributed by atoms with Crippen LogP contribution in [0.25, 0.3) is 0 Å². The Balaban J connectivity index is 2.79. The van der Waals surface area contributed by atoms with Crippen LogP contribution >= 0.6 is 0 Å². The minimum atomic E-state index is -1.97. The molecule has 1 aliphatic carbocycles. The van der Waals surface area contributed by atoms with Gasteiger partial charge in [-0.15, -0.1) is 0 Å². The van der Waals surface area contributed by atoms with Gasteiger partial charge in [-0.25, -0.2) is 0 Å². The molecule has 1 fully saturated rings. The predicted octanol–water partition coefficient (Wildman–Crippen LogP) is 0.497. The lowest BCUT2D eigenvalue weighted by Crippen LogP contribution is -2.44. The van der Waals surface area contributed by atoms with Gasteiger partial charge in [0.15, 0.2) is 11.2 Å². The molecular formula is C15H24O6. The number of hydrogen-bond acceptors (Lipinski definition) is 5. The van der Waals surface area contributed by atoms with Crippen LogP contribution in [0.2, 0.25) is 0 Å². The molecule has 0 heterocycles. The SMILES string of the molecule is CCCC[C@H](O)C/C=C/[C@H]1[C@H](O)CC(=O)C1(CO)C(=O)O. The monoisotopic (exact) mass is 300 g/mol. The molecule has 1 saturated carbocycles. The number of rotatable bonds is 8. The Morgan fingerprint density at radius 3 is 2.71 bits per heavy atom. The highest BCUT2D eigenvalue weighted by molar-refractivity contribution is 6.06. The zero-order valence-electron chi connectivity index (χ0n) is 12.2. The van der Waals surface area contributed by atoms with E-state index in [0.717, 1.165) is 12.8 Å². The summed E-state index contributed by atoms with van der Waals surface area (Å²) in [6.07, 6.45) is 3.96.